The number of amides is 3. The van der Waals surface area contributed by atoms with Crippen LogP contribution in [0.15, 0.2) is 0 Å². The van der Waals surface area contributed by atoms with Gasteiger partial charge >= 0.3 is 12.0 Å². The van der Waals surface area contributed by atoms with Crippen molar-refractivity contribution < 1.29 is 19.5 Å². The number of thioether (sulfide) groups is 1. The van der Waals surface area contributed by atoms with E-state index in [0.717, 1.165) is 12.2 Å². The van der Waals surface area contributed by atoms with Crippen LogP contribution in [0.25, 0.3) is 0 Å². The lowest BCUT2D eigenvalue weighted by Gasteiger charge is -2.32. The summed E-state index contributed by atoms with van der Waals surface area (Å²) in [5.74, 6) is -0.880. The molecule has 0 aliphatic carbocycles. The molecule has 0 aromatic heterocycles. The van der Waals surface area contributed by atoms with E-state index in [1.54, 1.807) is 4.90 Å². The summed E-state index contributed by atoms with van der Waals surface area (Å²) in [6.45, 7) is 3.29. The second kappa shape index (κ2) is 7.98. The van der Waals surface area contributed by atoms with Crippen molar-refractivity contribution >= 4 is 29.7 Å². The Morgan fingerprint density at radius 2 is 2.20 bits per heavy atom. The first-order valence-electron chi connectivity index (χ1n) is 6.62. The van der Waals surface area contributed by atoms with E-state index < -0.39 is 17.9 Å². The van der Waals surface area contributed by atoms with Gasteiger partial charge in [0.05, 0.1) is 0 Å². The molecule has 1 heterocycles. The minimum Gasteiger partial charge on any atom is -0.480 e. The number of carboxylic acid groups (broad SMARTS) is 1. The van der Waals surface area contributed by atoms with E-state index in [1.165, 1.54) is 0 Å². The molecule has 1 rings (SSSR count). The van der Waals surface area contributed by atoms with E-state index in [1.807, 2.05) is 11.8 Å². The van der Waals surface area contributed by atoms with Crippen LogP contribution in [0.3, 0.4) is 0 Å². The zero-order valence-electron chi connectivity index (χ0n) is 11.5. The molecule has 2 atom stereocenters. The number of urea groups is 1. The van der Waals surface area contributed by atoms with Crippen molar-refractivity contribution in [2.45, 2.75) is 37.5 Å². The summed E-state index contributed by atoms with van der Waals surface area (Å²) in [4.78, 5) is 35.4. The van der Waals surface area contributed by atoms with Crippen molar-refractivity contribution in [3.8, 4) is 0 Å². The largest absolute Gasteiger partial charge is 0.480 e. The number of aliphatic carboxylic acids is 1. The number of carbonyl (C=O) groups excluding carboxylic acids is 2. The molecule has 4 N–H and O–H groups in total. The van der Waals surface area contributed by atoms with Crippen molar-refractivity contribution in [2.75, 3.05) is 18.8 Å². The third-order valence-corrected chi connectivity index (χ3v) is 4.53. The fraction of sp³-hybridized carbons (Fsp3) is 0.750. The second-order valence-corrected chi connectivity index (χ2v) is 6.10. The van der Waals surface area contributed by atoms with Crippen molar-refractivity contribution in [2.24, 2.45) is 5.73 Å². The molecule has 1 saturated heterocycles. The molecule has 3 amide bonds. The number of primary amides is 1. The number of nitrogens with zero attached hydrogens (tertiary/aromatic N) is 1. The third-order valence-electron chi connectivity index (χ3n) is 3.16. The molecule has 20 heavy (non-hydrogen) atoms. The number of rotatable bonds is 6. The van der Waals surface area contributed by atoms with Crippen LogP contribution in [0.4, 0.5) is 4.79 Å². The first-order valence-corrected chi connectivity index (χ1v) is 7.67. The van der Waals surface area contributed by atoms with Crippen LogP contribution < -0.4 is 11.1 Å². The number of nitrogens with two attached hydrogens (primary N) is 1. The average Bonchev–Trinajstić information content (AvgIpc) is 2.42. The van der Waals surface area contributed by atoms with Gasteiger partial charge in [-0.05, 0) is 12.8 Å². The van der Waals surface area contributed by atoms with Gasteiger partial charge in [0.2, 0.25) is 5.91 Å². The first kappa shape index (κ1) is 16.6. The van der Waals surface area contributed by atoms with Crippen molar-refractivity contribution in [1.82, 2.24) is 10.2 Å². The lowest BCUT2D eigenvalue weighted by molar-refractivity contribution is -0.139. The van der Waals surface area contributed by atoms with E-state index in [0.29, 0.717) is 18.3 Å². The number of hydrogen-bond acceptors (Lipinski definition) is 4. The molecule has 0 radical (unpaired) electrons. The van der Waals surface area contributed by atoms with Gasteiger partial charge in [0.1, 0.15) is 6.04 Å². The lowest BCUT2D eigenvalue weighted by atomic mass is 10.1. The van der Waals surface area contributed by atoms with Crippen LogP contribution in [-0.4, -0.2) is 58.0 Å². The molecule has 0 aromatic rings. The molecule has 0 saturated carbocycles. The highest BCUT2D eigenvalue weighted by molar-refractivity contribution is 8.00. The highest BCUT2D eigenvalue weighted by Crippen LogP contribution is 2.21. The summed E-state index contributed by atoms with van der Waals surface area (Å²) in [6, 6.07) is -1.47. The second-order valence-electron chi connectivity index (χ2n) is 4.69. The van der Waals surface area contributed by atoms with Gasteiger partial charge < -0.3 is 21.1 Å². The Labute approximate surface area is 122 Å². The topological polar surface area (TPSA) is 113 Å². The summed E-state index contributed by atoms with van der Waals surface area (Å²) < 4.78 is 0. The molecule has 8 heteroatoms. The Kier molecular flexibility index (Phi) is 6.63. The Hall–Kier alpha value is -1.44. The van der Waals surface area contributed by atoms with Gasteiger partial charge in [-0.1, -0.05) is 6.92 Å². The monoisotopic (exact) mass is 303 g/mol. The van der Waals surface area contributed by atoms with Gasteiger partial charge in [0.25, 0.3) is 0 Å². The van der Waals surface area contributed by atoms with Crippen LogP contribution >= 0.6 is 11.8 Å². The average molecular weight is 303 g/mol. The number of carbonyl (C=O) groups is 3. The number of carboxylic acids is 1. The zero-order valence-corrected chi connectivity index (χ0v) is 12.3. The smallest absolute Gasteiger partial charge is 0.326 e. The Morgan fingerprint density at radius 1 is 1.50 bits per heavy atom. The van der Waals surface area contributed by atoms with Crippen LogP contribution in [0.5, 0.6) is 0 Å². The van der Waals surface area contributed by atoms with Crippen molar-refractivity contribution in [3.63, 3.8) is 0 Å². The Morgan fingerprint density at radius 3 is 2.75 bits per heavy atom. The van der Waals surface area contributed by atoms with Gasteiger partial charge in [-0.15, -0.1) is 0 Å². The van der Waals surface area contributed by atoms with E-state index in [-0.39, 0.29) is 18.9 Å². The molecule has 0 bridgehead atoms. The van der Waals surface area contributed by atoms with Gasteiger partial charge in [0, 0.05) is 30.5 Å². The van der Waals surface area contributed by atoms with E-state index in [2.05, 4.69) is 12.2 Å². The molecule has 1 fully saturated rings. The normalized spacial score (nSPS) is 20.2. The highest BCUT2D eigenvalue weighted by Gasteiger charge is 2.27. The fourth-order valence-electron chi connectivity index (χ4n) is 1.94. The van der Waals surface area contributed by atoms with Crippen LogP contribution in [-0.2, 0) is 9.59 Å². The molecule has 7 nitrogen and oxygen atoms in total. The molecule has 1 aliphatic rings. The van der Waals surface area contributed by atoms with E-state index in [9.17, 15) is 14.4 Å². The number of hydrogen-bond donors (Lipinski definition) is 3. The van der Waals surface area contributed by atoms with Gasteiger partial charge in [0.15, 0.2) is 0 Å². The summed E-state index contributed by atoms with van der Waals surface area (Å²) in [6.07, 6.45) is 0.916. The predicted octanol–water partition coefficient (Wildman–Crippen LogP) is 0.242. The maximum absolute atomic E-state index is 12.0. The molecule has 0 spiro atoms. The molecular formula is C12H21N3O4S. The molecular weight excluding hydrogens is 282 g/mol. The maximum atomic E-state index is 12.0. The predicted molar refractivity (Wildman–Crippen MR) is 76.5 cm³/mol. The summed E-state index contributed by atoms with van der Waals surface area (Å²) in [5, 5.41) is 11.9. The standard InChI is InChI=1S/C12H21N3O4S/c1-2-8-7-15(5-6-20-8)12(19)14-9(11(17)18)3-4-10(13)16/h8-9H,2-7H2,1H3,(H2,13,16)(H,14,19)(H,17,18)/t8?,9-/m1/s1. The fourth-order valence-corrected chi connectivity index (χ4v) is 3.12. The molecule has 1 aliphatic heterocycles. The van der Waals surface area contributed by atoms with Crippen molar-refractivity contribution in [1.29, 1.82) is 0 Å². The quantitative estimate of drug-likeness (QED) is 0.650. The number of nitrogens with one attached hydrogen (secondary N) is 1. The Balaban J connectivity index is 2.52. The zero-order chi connectivity index (χ0) is 15.1. The molecule has 1 unspecified atom stereocenters. The summed E-state index contributed by atoms with van der Waals surface area (Å²) in [7, 11) is 0. The molecule has 0 aromatic carbocycles. The Bertz CT molecular complexity index is 378. The van der Waals surface area contributed by atoms with E-state index in [4.69, 9.17) is 10.8 Å². The maximum Gasteiger partial charge on any atom is 0.326 e. The highest BCUT2D eigenvalue weighted by atomic mass is 32.2. The summed E-state index contributed by atoms with van der Waals surface area (Å²) in [5.41, 5.74) is 4.99. The third kappa shape index (κ3) is 5.28. The molecule has 114 valence electrons. The van der Waals surface area contributed by atoms with Crippen LogP contribution in [0, 0.1) is 0 Å². The van der Waals surface area contributed by atoms with Gasteiger partial charge in [-0.3, -0.25) is 4.79 Å². The lowest BCUT2D eigenvalue weighted by Crippen LogP contribution is -2.51. The minimum atomic E-state index is -1.15. The van der Waals surface area contributed by atoms with E-state index >= 15 is 0 Å². The van der Waals surface area contributed by atoms with Crippen LogP contribution in [0.2, 0.25) is 0 Å². The van der Waals surface area contributed by atoms with Crippen molar-refractivity contribution in [3.05, 3.63) is 0 Å². The van der Waals surface area contributed by atoms with Crippen LogP contribution in [0.1, 0.15) is 26.2 Å². The minimum absolute atomic E-state index is 0.0101. The van der Waals surface area contributed by atoms with Gasteiger partial charge in [-0.25, -0.2) is 9.59 Å². The summed E-state index contributed by atoms with van der Waals surface area (Å²) >= 11 is 1.82. The SMILES string of the molecule is CCC1CN(C(=O)N[C@H](CCC(N)=O)C(=O)O)CCS1. The van der Waals surface area contributed by atoms with Gasteiger partial charge in [-0.2, -0.15) is 11.8 Å². The first-order chi connectivity index (χ1) is 9.43.